The number of rotatable bonds is 8. The van der Waals surface area contributed by atoms with Crippen LogP contribution in [0.3, 0.4) is 0 Å². The summed E-state index contributed by atoms with van der Waals surface area (Å²) >= 11 is 0. The Hall–Kier alpha value is -2.82. The Bertz CT molecular complexity index is 701. The highest BCUT2D eigenvalue weighted by atomic mass is 16.5. The molecule has 0 aliphatic rings. The summed E-state index contributed by atoms with van der Waals surface area (Å²) in [4.78, 5) is 24.4. The van der Waals surface area contributed by atoms with Crippen molar-refractivity contribution in [2.24, 2.45) is 0 Å². The lowest BCUT2D eigenvalue weighted by molar-refractivity contribution is -0.123. The molecule has 1 unspecified atom stereocenters. The summed E-state index contributed by atoms with van der Waals surface area (Å²) < 4.78 is 5.56. The van der Waals surface area contributed by atoms with Crippen molar-refractivity contribution in [3.63, 3.8) is 0 Å². The molecule has 0 heterocycles. The molecule has 0 bridgehead atoms. The second-order valence-electron chi connectivity index (χ2n) is 5.86. The fourth-order valence-corrected chi connectivity index (χ4v) is 2.46. The van der Waals surface area contributed by atoms with E-state index in [-0.39, 0.29) is 24.5 Å². The van der Waals surface area contributed by atoms with Crippen molar-refractivity contribution >= 4 is 17.5 Å². The van der Waals surface area contributed by atoms with E-state index in [9.17, 15) is 9.59 Å². The molecule has 0 saturated carbocycles. The van der Waals surface area contributed by atoms with E-state index in [0.717, 1.165) is 12.8 Å². The van der Waals surface area contributed by atoms with Gasteiger partial charge in [0, 0.05) is 11.7 Å². The molecular weight excluding hydrogens is 316 g/mol. The predicted octanol–water partition coefficient (Wildman–Crippen LogP) is 3.62. The summed E-state index contributed by atoms with van der Waals surface area (Å²) in [5.74, 6) is -0.0880. The zero-order valence-electron chi connectivity index (χ0n) is 14.6. The molecule has 2 aromatic carbocycles. The predicted molar refractivity (Wildman–Crippen MR) is 98.8 cm³/mol. The second-order valence-corrected chi connectivity index (χ2v) is 5.86. The number of amides is 2. The number of anilines is 1. The van der Waals surface area contributed by atoms with Gasteiger partial charge in [0.25, 0.3) is 11.8 Å². The highest BCUT2D eigenvalue weighted by Crippen LogP contribution is 2.19. The minimum atomic E-state index is -0.276. The lowest BCUT2D eigenvalue weighted by Gasteiger charge is -2.14. The molecule has 0 aromatic heterocycles. The van der Waals surface area contributed by atoms with Crippen LogP contribution in [0, 0.1) is 0 Å². The van der Waals surface area contributed by atoms with E-state index in [1.165, 1.54) is 0 Å². The Balaban J connectivity index is 1.98. The fraction of sp³-hybridized carbons (Fsp3) is 0.300. The van der Waals surface area contributed by atoms with Crippen LogP contribution >= 0.6 is 0 Å². The van der Waals surface area contributed by atoms with Crippen LogP contribution in [-0.2, 0) is 4.79 Å². The molecule has 5 heteroatoms. The molecule has 0 aliphatic heterocycles. The van der Waals surface area contributed by atoms with Crippen molar-refractivity contribution in [1.29, 1.82) is 0 Å². The normalized spacial score (nSPS) is 11.4. The zero-order valence-corrected chi connectivity index (χ0v) is 14.6. The second kappa shape index (κ2) is 9.47. The Morgan fingerprint density at radius 3 is 2.44 bits per heavy atom. The van der Waals surface area contributed by atoms with Gasteiger partial charge in [-0.15, -0.1) is 0 Å². The van der Waals surface area contributed by atoms with Gasteiger partial charge in [-0.2, -0.15) is 0 Å². The Labute approximate surface area is 148 Å². The van der Waals surface area contributed by atoms with Crippen molar-refractivity contribution in [2.45, 2.75) is 32.7 Å². The van der Waals surface area contributed by atoms with Crippen molar-refractivity contribution < 1.29 is 14.3 Å². The highest BCUT2D eigenvalue weighted by Gasteiger charge is 2.14. The Morgan fingerprint density at radius 2 is 1.72 bits per heavy atom. The maximum absolute atomic E-state index is 12.5. The Morgan fingerprint density at radius 1 is 1.04 bits per heavy atom. The van der Waals surface area contributed by atoms with E-state index in [4.69, 9.17) is 4.74 Å². The van der Waals surface area contributed by atoms with Crippen LogP contribution in [0.15, 0.2) is 54.6 Å². The molecule has 2 N–H and O–H groups in total. The molecule has 1 atom stereocenters. The first-order valence-electron chi connectivity index (χ1n) is 8.47. The zero-order chi connectivity index (χ0) is 18.1. The quantitative estimate of drug-likeness (QED) is 0.771. The minimum Gasteiger partial charge on any atom is -0.483 e. The third kappa shape index (κ3) is 5.95. The number of carbonyl (C=O) groups excluding carboxylic acids is 2. The van der Waals surface area contributed by atoms with Crippen molar-refractivity contribution in [1.82, 2.24) is 5.32 Å². The molecule has 0 spiro atoms. The van der Waals surface area contributed by atoms with E-state index in [0.29, 0.717) is 17.0 Å². The molecule has 0 saturated heterocycles. The number of benzene rings is 2. The third-order valence-corrected chi connectivity index (χ3v) is 3.65. The van der Waals surface area contributed by atoms with Crippen LogP contribution in [0.5, 0.6) is 5.75 Å². The summed E-state index contributed by atoms with van der Waals surface area (Å²) in [6.45, 7) is 3.91. The van der Waals surface area contributed by atoms with Gasteiger partial charge in [-0.1, -0.05) is 43.7 Å². The van der Waals surface area contributed by atoms with Crippen LogP contribution < -0.4 is 15.4 Å². The summed E-state index contributed by atoms with van der Waals surface area (Å²) in [5, 5.41) is 5.69. The van der Waals surface area contributed by atoms with E-state index >= 15 is 0 Å². The van der Waals surface area contributed by atoms with Crippen LogP contribution in [0.4, 0.5) is 5.69 Å². The average Bonchev–Trinajstić information content (AvgIpc) is 2.61. The number of para-hydroxylation sites is 2. The van der Waals surface area contributed by atoms with Gasteiger partial charge in [0.2, 0.25) is 0 Å². The lowest BCUT2D eigenvalue weighted by Crippen LogP contribution is -2.36. The summed E-state index contributed by atoms with van der Waals surface area (Å²) in [5.41, 5.74) is 1.09. The number of hydrogen-bond acceptors (Lipinski definition) is 3. The van der Waals surface area contributed by atoms with Gasteiger partial charge in [-0.05, 0) is 37.6 Å². The average molecular weight is 340 g/mol. The van der Waals surface area contributed by atoms with Crippen molar-refractivity contribution in [3.8, 4) is 5.75 Å². The molecule has 25 heavy (non-hydrogen) atoms. The Kier molecular flexibility index (Phi) is 7.01. The summed E-state index contributed by atoms with van der Waals surface area (Å²) in [7, 11) is 0. The van der Waals surface area contributed by atoms with Gasteiger partial charge < -0.3 is 15.4 Å². The summed E-state index contributed by atoms with van der Waals surface area (Å²) in [6.07, 6.45) is 1.92. The first kappa shape index (κ1) is 18.5. The topological polar surface area (TPSA) is 67.4 Å². The van der Waals surface area contributed by atoms with Crippen LogP contribution in [0.1, 0.15) is 37.0 Å². The van der Waals surface area contributed by atoms with Gasteiger partial charge in [0.05, 0.1) is 5.56 Å². The van der Waals surface area contributed by atoms with E-state index in [2.05, 4.69) is 17.6 Å². The maximum Gasteiger partial charge on any atom is 0.259 e. The van der Waals surface area contributed by atoms with E-state index in [1.807, 2.05) is 37.3 Å². The van der Waals surface area contributed by atoms with Gasteiger partial charge in [-0.3, -0.25) is 9.59 Å². The fourth-order valence-electron chi connectivity index (χ4n) is 2.46. The molecule has 132 valence electrons. The number of nitrogens with one attached hydrogen (secondary N) is 2. The van der Waals surface area contributed by atoms with E-state index < -0.39 is 0 Å². The molecule has 0 fully saturated rings. The van der Waals surface area contributed by atoms with Crippen LogP contribution in [0.2, 0.25) is 0 Å². The van der Waals surface area contributed by atoms with E-state index in [1.54, 1.807) is 24.3 Å². The number of ether oxygens (including phenoxy) is 1. The SMILES string of the molecule is CCCC(C)NC(=O)COc1ccccc1C(=O)Nc1ccccc1. The van der Waals surface area contributed by atoms with Gasteiger partial charge in [-0.25, -0.2) is 0 Å². The lowest BCUT2D eigenvalue weighted by atomic mass is 10.2. The van der Waals surface area contributed by atoms with Gasteiger partial charge >= 0.3 is 0 Å². The number of hydrogen-bond donors (Lipinski definition) is 2. The third-order valence-electron chi connectivity index (χ3n) is 3.65. The number of carbonyl (C=O) groups is 2. The molecule has 0 radical (unpaired) electrons. The monoisotopic (exact) mass is 340 g/mol. The molecule has 5 nitrogen and oxygen atoms in total. The van der Waals surface area contributed by atoms with Crippen LogP contribution in [0.25, 0.3) is 0 Å². The highest BCUT2D eigenvalue weighted by molar-refractivity contribution is 6.06. The summed E-state index contributed by atoms with van der Waals surface area (Å²) in [6, 6.07) is 16.2. The van der Waals surface area contributed by atoms with Crippen LogP contribution in [-0.4, -0.2) is 24.5 Å². The molecule has 2 rings (SSSR count). The molecule has 0 aliphatic carbocycles. The first-order chi connectivity index (χ1) is 12.1. The molecule has 2 aromatic rings. The van der Waals surface area contributed by atoms with Gasteiger partial charge in [0.1, 0.15) is 5.75 Å². The smallest absolute Gasteiger partial charge is 0.259 e. The van der Waals surface area contributed by atoms with Crippen molar-refractivity contribution in [2.75, 3.05) is 11.9 Å². The standard InChI is InChI=1S/C20H24N2O3/c1-3-9-15(2)21-19(23)14-25-18-13-8-7-12-17(18)20(24)22-16-10-5-4-6-11-16/h4-8,10-13,15H,3,9,14H2,1-2H3,(H,21,23)(H,22,24). The molecule has 2 amide bonds. The maximum atomic E-state index is 12.5. The van der Waals surface area contributed by atoms with Crippen molar-refractivity contribution in [3.05, 3.63) is 60.2 Å². The molecular formula is C20H24N2O3. The van der Waals surface area contributed by atoms with Gasteiger partial charge in [0.15, 0.2) is 6.61 Å². The first-order valence-corrected chi connectivity index (χ1v) is 8.47. The minimum absolute atomic E-state index is 0.109. The largest absolute Gasteiger partial charge is 0.483 e.